The van der Waals surface area contributed by atoms with Crippen LogP contribution in [-0.2, 0) is 10.0 Å². The van der Waals surface area contributed by atoms with Crippen LogP contribution in [0.4, 0.5) is 5.69 Å². The Kier molecular flexibility index (Phi) is 6.45. The Labute approximate surface area is 154 Å². The molecule has 1 atom stereocenters. The summed E-state index contributed by atoms with van der Waals surface area (Å²) in [6, 6.07) is 10.6. The SMILES string of the molecule is O=C(O)c1ccccc1S(=O)(=O)NCC(O)COc1ccccc1[N+](=O)[O-]. The van der Waals surface area contributed by atoms with E-state index in [9.17, 15) is 28.4 Å². The van der Waals surface area contributed by atoms with Gasteiger partial charge in [0.2, 0.25) is 10.0 Å². The Morgan fingerprint density at radius 2 is 1.81 bits per heavy atom. The lowest BCUT2D eigenvalue weighted by Gasteiger charge is -2.14. The molecule has 2 rings (SSSR count). The van der Waals surface area contributed by atoms with Crippen molar-refractivity contribution in [3.63, 3.8) is 0 Å². The summed E-state index contributed by atoms with van der Waals surface area (Å²) in [6.45, 7) is -0.884. The number of rotatable bonds is 9. The Morgan fingerprint density at radius 3 is 2.48 bits per heavy atom. The molecule has 0 aromatic heterocycles. The zero-order valence-corrected chi connectivity index (χ0v) is 14.6. The largest absolute Gasteiger partial charge is 0.484 e. The number of nitro groups is 1. The second-order valence-corrected chi connectivity index (χ2v) is 7.08. The molecule has 0 bridgehead atoms. The average molecular weight is 396 g/mol. The van der Waals surface area contributed by atoms with Gasteiger partial charge in [0.05, 0.1) is 15.4 Å². The van der Waals surface area contributed by atoms with Crippen LogP contribution in [-0.4, -0.2) is 48.8 Å². The molecule has 0 spiro atoms. The van der Waals surface area contributed by atoms with Crippen LogP contribution in [0.25, 0.3) is 0 Å². The molecule has 3 N–H and O–H groups in total. The molecule has 144 valence electrons. The van der Waals surface area contributed by atoms with E-state index >= 15 is 0 Å². The molecule has 10 nitrogen and oxygen atoms in total. The van der Waals surface area contributed by atoms with Crippen LogP contribution in [0.2, 0.25) is 0 Å². The maximum atomic E-state index is 12.3. The van der Waals surface area contributed by atoms with Gasteiger partial charge in [0, 0.05) is 12.6 Å². The normalized spacial score (nSPS) is 12.3. The van der Waals surface area contributed by atoms with Crippen LogP contribution in [0.5, 0.6) is 5.75 Å². The van der Waals surface area contributed by atoms with Crippen molar-refractivity contribution in [1.29, 1.82) is 0 Å². The second-order valence-electron chi connectivity index (χ2n) is 5.34. The standard InChI is InChI=1S/C16H16N2O8S/c19-11(10-26-14-7-3-2-6-13(14)18(22)23)9-17-27(24,25)15-8-4-1-5-12(15)16(20)21/h1-8,11,17,19H,9-10H2,(H,20,21). The molecular weight excluding hydrogens is 380 g/mol. The highest BCUT2D eigenvalue weighted by Crippen LogP contribution is 2.25. The minimum atomic E-state index is -4.19. The molecule has 0 heterocycles. The van der Waals surface area contributed by atoms with Crippen LogP contribution in [0.1, 0.15) is 10.4 Å². The Morgan fingerprint density at radius 1 is 1.19 bits per heavy atom. The van der Waals surface area contributed by atoms with E-state index in [1.807, 2.05) is 0 Å². The molecule has 0 aliphatic rings. The number of aromatic carboxylic acids is 1. The smallest absolute Gasteiger partial charge is 0.337 e. The molecule has 0 saturated heterocycles. The number of nitrogens with one attached hydrogen (secondary N) is 1. The summed E-state index contributed by atoms with van der Waals surface area (Å²) in [5, 5.41) is 29.9. The molecule has 0 radical (unpaired) electrons. The highest BCUT2D eigenvalue weighted by molar-refractivity contribution is 7.89. The topological polar surface area (TPSA) is 156 Å². The number of sulfonamides is 1. The molecule has 2 aromatic rings. The van der Waals surface area contributed by atoms with E-state index in [4.69, 9.17) is 9.84 Å². The van der Waals surface area contributed by atoms with Gasteiger partial charge >= 0.3 is 11.7 Å². The van der Waals surface area contributed by atoms with Crippen LogP contribution in [0.3, 0.4) is 0 Å². The van der Waals surface area contributed by atoms with Crippen molar-refractivity contribution < 1.29 is 33.1 Å². The first-order valence-corrected chi connectivity index (χ1v) is 9.07. The van der Waals surface area contributed by atoms with Crippen molar-refractivity contribution >= 4 is 21.7 Å². The van der Waals surface area contributed by atoms with E-state index in [1.54, 1.807) is 0 Å². The number of carboxylic acid groups (broad SMARTS) is 1. The lowest BCUT2D eigenvalue weighted by atomic mass is 10.2. The summed E-state index contributed by atoms with van der Waals surface area (Å²) < 4.78 is 31.8. The number of carboxylic acids is 1. The Balaban J connectivity index is 2.01. The number of ether oxygens (including phenoxy) is 1. The minimum absolute atomic E-state index is 0.0689. The van der Waals surface area contributed by atoms with Gasteiger partial charge in [-0.15, -0.1) is 0 Å². The fourth-order valence-corrected chi connectivity index (χ4v) is 3.41. The van der Waals surface area contributed by atoms with Crippen molar-refractivity contribution in [3.05, 3.63) is 64.2 Å². The quantitative estimate of drug-likeness (QED) is 0.419. The summed E-state index contributed by atoms with van der Waals surface area (Å²) in [5.74, 6) is -1.48. The predicted octanol–water partition coefficient (Wildman–Crippen LogP) is 1.01. The first kappa shape index (κ1) is 20.3. The summed E-state index contributed by atoms with van der Waals surface area (Å²) in [4.78, 5) is 20.9. The summed E-state index contributed by atoms with van der Waals surface area (Å²) >= 11 is 0. The Bertz CT molecular complexity index is 945. The molecule has 27 heavy (non-hydrogen) atoms. The highest BCUT2D eigenvalue weighted by Gasteiger charge is 2.23. The zero-order valence-electron chi connectivity index (χ0n) is 13.8. The number of nitro benzene ring substituents is 1. The van der Waals surface area contributed by atoms with Gasteiger partial charge < -0.3 is 14.9 Å². The molecule has 0 fully saturated rings. The van der Waals surface area contributed by atoms with Gasteiger partial charge in [-0.2, -0.15) is 0 Å². The molecule has 11 heteroatoms. The van der Waals surface area contributed by atoms with Crippen LogP contribution < -0.4 is 9.46 Å². The maximum absolute atomic E-state index is 12.3. The maximum Gasteiger partial charge on any atom is 0.337 e. The number of aliphatic hydroxyl groups is 1. The van der Waals surface area contributed by atoms with Crippen LogP contribution in [0, 0.1) is 10.1 Å². The molecular formula is C16H16N2O8S. The summed E-state index contributed by atoms with van der Waals surface area (Å²) in [7, 11) is -4.19. The number of nitrogens with zero attached hydrogens (tertiary/aromatic N) is 1. The molecule has 0 amide bonds. The van der Waals surface area contributed by atoms with E-state index < -0.39 is 50.6 Å². The number of benzene rings is 2. The van der Waals surface area contributed by atoms with E-state index in [0.29, 0.717) is 0 Å². The highest BCUT2D eigenvalue weighted by atomic mass is 32.2. The van der Waals surface area contributed by atoms with E-state index in [2.05, 4.69) is 4.72 Å². The van der Waals surface area contributed by atoms with Crippen LogP contribution >= 0.6 is 0 Å². The third kappa shape index (κ3) is 5.23. The molecule has 2 aromatic carbocycles. The van der Waals surface area contributed by atoms with Gasteiger partial charge in [0.15, 0.2) is 5.75 Å². The van der Waals surface area contributed by atoms with Crippen molar-refractivity contribution in [3.8, 4) is 5.75 Å². The van der Waals surface area contributed by atoms with Gasteiger partial charge in [-0.1, -0.05) is 24.3 Å². The first-order chi connectivity index (χ1) is 12.7. The Hall–Kier alpha value is -3.02. The van der Waals surface area contributed by atoms with Crippen molar-refractivity contribution in [1.82, 2.24) is 4.72 Å². The number of hydrogen-bond donors (Lipinski definition) is 3. The van der Waals surface area contributed by atoms with Crippen molar-refractivity contribution in [2.45, 2.75) is 11.0 Å². The lowest BCUT2D eigenvalue weighted by Crippen LogP contribution is -2.35. The van der Waals surface area contributed by atoms with E-state index in [0.717, 1.165) is 12.1 Å². The summed E-state index contributed by atoms with van der Waals surface area (Å²) in [5.41, 5.74) is -0.698. The van der Waals surface area contributed by atoms with Gasteiger partial charge in [0.25, 0.3) is 0 Å². The van der Waals surface area contributed by atoms with Gasteiger partial charge in [-0.05, 0) is 18.2 Å². The minimum Gasteiger partial charge on any atom is -0.484 e. The molecule has 0 aliphatic carbocycles. The number of aliphatic hydroxyl groups excluding tert-OH is 1. The lowest BCUT2D eigenvalue weighted by molar-refractivity contribution is -0.385. The van der Waals surface area contributed by atoms with Crippen molar-refractivity contribution in [2.24, 2.45) is 0 Å². The van der Waals surface area contributed by atoms with Gasteiger partial charge in [-0.3, -0.25) is 10.1 Å². The molecule has 0 aliphatic heterocycles. The summed E-state index contributed by atoms with van der Waals surface area (Å²) in [6.07, 6.45) is -1.32. The number of carbonyl (C=O) groups is 1. The third-order valence-corrected chi connectivity index (χ3v) is 4.89. The van der Waals surface area contributed by atoms with Crippen molar-refractivity contribution in [2.75, 3.05) is 13.2 Å². The fourth-order valence-electron chi connectivity index (χ4n) is 2.14. The van der Waals surface area contributed by atoms with Gasteiger partial charge in [0.1, 0.15) is 12.7 Å². The monoisotopic (exact) mass is 396 g/mol. The number of hydrogen-bond acceptors (Lipinski definition) is 7. The van der Waals surface area contributed by atoms with Crippen LogP contribution in [0.15, 0.2) is 53.4 Å². The predicted molar refractivity (Wildman–Crippen MR) is 93.2 cm³/mol. The van der Waals surface area contributed by atoms with Gasteiger partial charge in [-0.25, -0.2) is 17.9 Å². The first-order valence-electron chi connectivity index (χ1n) is 7.58. The van der Waals surface area contributed by atoms with E-state index in [1.165, 1.54) is 36.4 Å². The zero-order chi connectivity index (χ0) is 20.0. The average Bonchev–Trinajstić information content (AvgIpc) is 2.65. The molecule has 1 unspecified atom stereocenters. The second kappa shape index (κ2) is 8.58. The third-order valence-electron chi connectivity index (χ3n) is 3.41. The number of para-hydroxylation sites is 2. The molecule has 0 saturated carbocycles. The fraction of sp³-hybridized carbons (Fsp3) is 0.188. The van der Waals surface area contributed by atoms with E-state index in [-0.39, 0.29) is 11.4 Å².